The van der Waals surface area contributed by atoms with Crippen LogP contribution in [0.2, 0.25) is 0 Å². The third-order valence-corrected chi connectivity index (χ3v) is 6.68. The number of hydrogen-bond donors (Lipinski definition) is 1. The van der Waals surface area contributed by atoms with Crippen LogP contribution in [0.25, 0.3) is 22.5 Å². The summed E-state index contributed by atoms with van der Waals surface area (Å²) in [6.45, 7) is 8.73. The van der Waals surface area contributed by atoms with Gasteiger partial charge in [0.05, 0.1) is 6.10 Å². The molecule has 0 spiro atoms. The van der Waals surface area contributed by atoms with E-state index in [-0.39, 0.29) is 11.5 Å². The molecule has 4 rings (SSSR count). The summed E-state index contributed by atoms with van der Waals surface area (Å²) in [7, 11) is 0. The number of aromatic nitrogens is 2. The Balaban J connectivity index is 1.71. The molecule has 3 aromatic carbocycles. The summed E-state index contributed by atoms with van der Waals surface area (Å²) in [4.78, 5) is 14.4. The monoisotopic (exact) mass is 456 g/mol. The predicted octanol–water partition coefficient (Wildman–Crippen LogP) is 6.78. The van der Waals surface area contributed by atoms with Crippen molar-refractivity contribution in [2.24, 2.45) is 0 Å². The van der Waals surface area contributed by atoms with Crippen molar-refractivity contribution in [3.63, 3.8) is 0 Å². The van der Waals surface area contributed by atoms with Crippen LogP contribution in [-0.2, 0) is 11.8 Å². The van der Waals surface area contributed by atoms with Gasteiger partial charge in [-0.15, -0.1) is 0 Å². The van der Waals surface area contributed by atoms with Crippen molar-refractivity contribution in [3.05, 3.63) is 94.5 Å². The van der Waals surface area contributed by atoms with Crippen LogP contribution < -0.4 is 10.5 Å². The molecule has 2 atom stereocenters. The Morgan fingerprint density at radius 3 is 2.47 bits per heavy atom. The molecule has 0 saturated carbocycles. The third kappa shape index (κ3) is 5.14. The van der Waals surface area contributed by atoms with Crippen molar-refractivity contribution < 1.29 is 9.26 Å². The lowest BCUT2D eigenvalue weighted by atomic mass is 9.75. The number of rotatable bonds is 9. The summed E-state index contributed by atoms with van der Waals surface area (Å²) in [5.41, 5.74) is 5.23. The van der Waals surface area contributed by atoms with Crippen LogP contribution in [-0.4, -0.2) is 16.2 Å². The summed E-state index contributed by atoms with van der Waals surface area (Å²) in [5.74, 6) is 0.788. The molecule has 0 amide bonds. The number of ether oxygens (including phenoxy) is 1. The first kappa shape index (κ1) is 23.6. The normalized spacial score (nSPS) is 13.9. The first-order valence-electron chi connectivity index (χ1n) is 11.9. The molecule has 176 valence electrons. The Bertz CT molecular complexity index is 1290. The van der Waals surface area contributed by atoms with Gasteiger partial charge in [-0.3, -0.25) is 9.51 Å². The highest BCUT2D eigenvalue weighted by atomic mass is 16.5. The number of hydrogen-bond acceptors (Lipinski definition) is 4. The highest BCUT2D eigenvalue weighted by Crippen LogP contribution is 2.36. The maximum atomic E-state index is 11.7. The average molecular weight is 457 g/mol. The zero-order valence-electron chi connectivity index (χ0n) is 20.3. The molecule has 1 heterocycles. The van der Waals surface area contributed by atoms with Crippen molar-refractivity contribution in [1.29, 1.82) is 0 Å². The van der Waals surface area contributed by atoms with Gasteiger partial charge < -0.3 is 4.74 Å². The number of aromatic amines is 1. The molecule has 5 nitrogen and oxygen atoms in total. The van der Waals surface area contributed by atoms with E-state index in [9.17, 15) is 4.79 Å². The standard InChI is InChI=1S/C29H32N2O3/c1-5-20(3)33-24-14-10-13-23(18-24)29(4,6-2)19-21-15-16-25(22-11-8-7-9-12-22)26(17-21)27-30-28(32)34-31-27/h7-18,20H,5-6,19H2,1-4H3,(H,30,31,32). The lowest BCUT2D eigenvalue weighted by molar-refractivity contribution is 0.217. The van der Waals surface area contributed by atoms with Gasteiger partial charge in [0, 0.05) is 5.56 Å². The zero-order valence-corrected chi connectivity index (χ0v) is 20.3. The second-order valence-corrected chi connectivity index (χ2v) is 9.15. The molecule has 0 saturated heterocycles. The largest absolute Gasteiger partial charge is 0.491 e. The summed E-state index contributed by atoms with van der Waals surface area (Å²) in [6.07, 6.45) is 2.95. The third-order valence-electron chi connectivity index (χ3n) is 6.68. The molecule has 1 N–H and O–H groups in total. The van der Waals surface area contributed by atoms with Crippen LogP contribution in [0.4, 0.5) is 0 Å². The van der Waals surface area contributed by atoms with E-state index in [0.29, 0.717) is 5.82 Å². The van der Waals surface area contributed by atoms with E-state index in [1.54, 1.807) is 0 Å². The number of benzene rings is 3. The Morgan fingerprint density at radius 2 is 1.79 bits per heavy atom. The van der Waals surface area contributed by atoms with Gasteiger partial charge in [-0.1, -0.05) is 80.5 Å². The lowest BCUT2D eigenvalue weighted by Crippen LogP contribution is -2.24. The van der Waals surface area contributed by atoms with Gasteiger partial charge >= 0.3 is 5.76 Å². The van der Waals surface area contributed by atoms with Crippen molar-refractivity contribution in [3.8, 4) is 28.3 Å². The highest BCUT2D eigenvalue weighted by Gasteiger charge is 2.26. The average Bonchev–Trinajstić information content (AvgIpc) is 3.30. The lowest BCUT2D eigenvalue weighted by Gasteiger charge is -2.30. The molecule has 2 unspecified atom stereocenters. The quantitative estimate of drug-likeness (QED) is 0.301. The predicted molar refractivity (Wildman–Crippen MR) is 136 cm³/mol. The van der Waals surface area contributed by atoms with Gasteiger partial charge in [-0.25, -0.2) is 4.79 Å². The van der Waals surface area contributed by atoms with Crippen LogP contribution in [0.5, 0.6) is 5.75 Å². The Morgan fingerprint density at radius 1 is 1.00 bits per heavy atom. The molecule has 0 aliphatic carbocycles. The van der Waals surface area contributed by atoms with Crippen molar-refractivity contribution in [1.82, 2.24) is 10.1 Å². The molecule has 0 bridgehead atoms. The first-order chi connectivity index (χ1) is 16.4. The van der Waals surface area contributed by atoms with E-state index in [1.807, 2.05) is 24.3 Å². The minimum absolute atomic E-state index is 0.0857. The molecule has 4 aromatic rings. The molecular formula is C29H32N2O3. The second-order valence-electron chi connectivity index (χ2n) is 9.15. The second kappa shape index (κ2) is 10.1. The Kier molecular flexibility index (Phi) is 7.01. The maximum Gasteiger partial charge on any atom is 0.439 e. The van der Waals surface area contributed by atoms with Crippen LogP contribution in [0.1, 0.15) is 51.7 Å². The van der Waals surface area contributed by atoms with Crippen LogP contribution in [0.15, 0.2) is 82.1 Å². The Labute approximate surface area is 200 Å². The van der Waals surface area contributed by atoms with E-state index in [4.69, 9.17) is 9.26 Å². The number of H-pyrrole nitrogens is 1. The van der Waals surface area contributed by atoms with Crippen LogP contribution in [0.3, 0.4) is 0 Å². The van der Waals surface area contributed by atoms with E-state index < -0.39 is 5.76 Å². The summed E-state index contributed by atoms with van der Waals surface area (Å²) in [6, 6.07) is 24.9. The minimum Gasteiger partial charge on any atom is -0.491 e. The van der Waals surface area contributed by atoms with Crippen molar-refractivity contribution in [2.75, 3.05) is 0 Å². The SMILES string of the molecule is CCC(C)Oc1cccc(C(C)(CC)Cc2ccc(-c3ccccc3)c(-c3noc(=O)[nH]3)c2)c1. The van der Waals surface area contributed by atoms with Crippen molar-refractivity contribution in [2.45, 2.75) is 58.5 Å². The molecule has 0 aliphatic heterocycles. The first-order valence-corrected chi connectivity index (χ1v) is 11.9. The molecule has 0 fully saturated rings. The van der Waals surface area contributed by atoms with Crippen LogP contribution >= 0.6 is 0 Å². The molecule has 0 aliphatic rings. The molecule has 5 heteroatoms. The summed E-state index contributed by atoms with van der Waals surface area (Å²) < 4.78 is 10.9. The molecule has 0 radical (unpaired) electrons. The van der Waals surface area contributed by atoms with E-state index in [0.717, 1.165) is 47.3 Å². The zero-order chi connectivity index (χ0) is 24.1. The van der Waals surface area contributed by atoms with Crippen LogP contribution in [0, 0.1) is 0 Å². The van der Waals surface area contributed by atoms with Gasteiger partial charge in [0.1, 0.15) is 5.75 Å². The molecule has 34 heavy (non-hydrogen) atoms. The van der Waals surface area contributed by atoms with Gasteiger partial charge in [0.2, 0.25) is 0 Å². The van der Waals surface area contributed by atoms with Crippen molar-refractivity contribution >= 4 is 0 Å². The summed E-state index contributed by atoms with van der Waals surface area (Å²) in [5, 5.41) is 3.98. The summed E-state index contributed by atoms with van der Waals surface area (Å²) >= 11 is 0. The topological polar surface area (TPSA) is 68.1 Å². The maximum absolute atomic E-state index is 11.7. The van der Waals surface area contributed by atoms with E-state index >= 15 is 0 Å². The van der Waals surface area contributed by atoms with E-state index in [2.05, 4.69) is 86.4 Å². The number of nitrogens with one attached hydrogen (secondary N) is 1. The molecular weight excluding hydrogens is 424 g/mol. The number of nitrogens with zero attached hydrogens (tertiary/aromatic N) is 1. The Hall–Kier alpha value is -3.60. The van der Waals surface area contributed by atoms with Gasteiger partial charge in [0.25, 0.3) is 0 Å². The fraction of sp³-hybridized carbons (Fsp3) is 0.310. The fourth-order valence-corrected chi connectivity index (χ4v) is 4.25. The minimum atomic E-state index is -0.559. The smallest absolute Gasteiger partial charge is 0.439 e. The van der Waals surface area contributed by atoms with Gasteiger partial charge in [0.15, 0.2) is 5.82 Å². The van der Waals surface area contributed by atoms with Gasteiger partial charge in [-0.2, -0.15) is 0 Å². The molecule has 1 aromatic heterocycles. The fourth-order valence-electron chi connectivity index (χ4n) is 4.25. The van der Waals surface area contributed by atoms with Gasteiger partial charge in [-0.05, 0) is 72.1 Å². The highest BCUT2D eigenvalue weighted by molar-refractivity contribution is 5.80. The van der Waals surface area contributed by atoms with E-state index in [1.165, 1.54) is 5.56 Å².